The summed E-state index contributed by atoms with van der Waals surface area (Å²) in [6.07, 6.45) is 9.99. The van der Waals surface area contributed by atoms with Crippen LogP contribution in [0.2, 0.25) is 0 Å². The van der Waals surface area contributed by atoms with Crippen LogP contribution >= 0.6 is 0 Å². The number of hydrogen-bond donors (Lipinski definition) is 2. The first-order valence-electron chi connectivity index (χ1n) is 7.35. The molecule has 2 aliphatic rings. The van der Waals surface area contributed by atoms with Gasteiger partial charge in [-0.3, -0.25) is 9.59 Å². The summed E-state index contributed by atoms with van der Waals surface area (Å²) in [5.41, 5.74) is 1.46. The molecule has 0 unspecified atom stereocenters. The van der Waals surface area contributed by atoms with Crippen LogP contribution < -0.4 is 5.32 Å². The first-order chi connectivity index (χ1) is 9.16. The van der Waals surface area contributed by atoms with E-state index in [-0.39, 0.29) is 17.7 Å². The molecular weight excluding hydrogens is 242 g/mol. The third-order valence-electron chi connectivity index (χ3n) is 4.28. The number of allylic oxidation sites excluding steroid dienone is 1. The smallest absolute Gasteiger partial charge is 0.306 e. The van der Waals surface area contributed by atoms with Gasteiger partial charge >= 0.3 is 5.97 Å². The van der Waals surface area contributed by atoms with Gasteiger partial charge in [0.05, 0.1) is 5.92 Å². The van der Waals surface area contributed by atoms with Gasteiger partial charge in [0.25, 0.3) is 0 Å². The minimum atomic E-state index is -0.761. The van der Waals surface area contributed by atoms with Crippen molar-refractivity contribution in [3.05, 3.63) is 11.6 Å². The Morgan fingerprint density at radius 3 is 2.68 bits per heavy atom. The van der Waals surface area contributed by atoms with Gasteiger partial charge in [-0.25, -0.2) is 0 Å². The first-order valence-corrected chi connectivity index (χ1v) is 7.35. The summed E-state index contributed by atoms with van der Waals surface area (Å²) in [6, 6.07) is 0. The van der Waals surface area contributed by atoms with E-state index in [9.17, 15) is 9.59 Å². The van der Waals surface area contributed by atoms with Crippen LogP contribution in [-0.2, 0) is 9.59 Å². The van der Waals surface area contributed by atoms with Gasteiger partial charge in [-0.15, -0.1) is 0 Å². The number of carbonyl (C=O) groups is 2. The van der Waals surface area contributed by atoms with Crippen molar-refractivity contribution >= 4 is 11.9 Å². The number of carboxylic acid groups (broad SMARTS) is 1. The molecule has 0 heterocycles. The Morgan fingerprint density at radius 2 is 2.05 bits per heavy atom. The van der Waals surface area contributed by atoms with Gasteiger partial charge in [-0.1, -0.05) is 11.6 Å². The number of nitrogens with one attached hydrogen (secondary N) is 1. The second-order valence-corrected chi connectivity index (χ2v) is 5.69. The SMILES string of the molecule is O=C(O)[C@@H]1CC[C@H](C(=O)NCCC2=CCCCC2)C1. The molecule has 1 saturated carbocycles. The third kappa shape index (κ3) is 4.08. The topological polar surface area (TPSA) is 66.4 Å². The minimum Gasteiger partial charge on any atom is -0.481 e. The highest BCUT2D eigenvalue weighted by molar-refractivity contribution is 5.80. The lowest BCUT2D eigenvalue weighted by Crippen LogP contribution is -2.30. The number of hydrogen-bond acceptors (Lipinski definition) is 2. The van der Waals surface area contributed by atoms with E-state index in [0.717, 1.165) is 6.42 Å². The van der Waals surface area contributed by atoms with Crippen molar-refractivity contribution in [2.24, 2.45) is 11.8 Å². The fraction of sp³-hybridized carbons (Fsp3) is 0.733. The van der Waals surface area contributed by atoms with E-state index < -0.39 is 5.97 Å². The predicted molar refractivity (Wildman–Crippen MR) is 72.6 cm³/mol. The van der Waals surface area contributed by atoms with Crippen molar-refractivity contribution < 1.29 is 14.7 Å². The average Bonchev–Trinajstić information content (AvgIpc) is 2.89. The largest absolute Gasteiger partial charge is 0.481 e. The summed E-state index contributed by atoms with van der Waals surface area (Å²) < 4.78 is 0. The van der Waals surface area contributed by atoms with Crippen LogP contribution in [0.3, 0.4) is 0 Å². The van der Waals surface area contributed by atoms with Gasteiger partial charge in [0.1, 0.15) is 0 Å². The molecule has 106 valence electrons. The zero-order valence-electron chi connectivity index (χ0n) is 11.4. The first kappa shape index (κ1) is 14.1. The molecule has 2 rings (SSSR count). The van der Waals surface area contributed by atoms with Crippen LogP contribution in [0.15, 0.2) is 11.6 Å². The molecule has 1 fully saturated rings. The normalized spacial score (nSPS) is 26.8. The van der Waals surface area contributed by atoms with Gasteiger partial charge in [0, 0.05) is 12.5 Å². The van der Waals surface area contributed by atoms with Gasteiger partial charge in [-0.05, 0) is 51.4 Å². The molecular formula is C15H23NO3. The molecule has 0 aromatic rings. The molecule has 0 radical (unpaired) electrons. The maximum Gasteiger partial charge on any atom is 0.306 e. The van der Waals surface area contributed by atoms with Crippen molar-refractivity contribution in [3.8, 4) is 0 Å². The standard InChI is InChI=1S/C15H23NO3/c17-14(12-6-7-13(10-12)15(18)19)16-9-8-11-4-2-1-3-5-11/h4,12-13H,1-3,5-10H2,(H,16,17)(H,18,19)/t12-,13+/m0/s1. The van der Waals surface area contributed by atoms with E-state index in [2.05, 4.69) is 11.4 Å². The Hall–Kier alpha value is -1.32. The second-order valence-electron chi connectivity index (χ2n) is 5.69. The zero-order valence-corrected chi connectivity index (χ0v) is 11.4. The molecule has 4 nitrogen and oxygen atoms in total. The number of aliphatic carboxylic acids is 1. The Kier molecular flexibility index (Phi) is 5.00. The fourth-order valence-corrected chi connectivity index (χ4v) is 3.07. The average molecular weight is 265 g/mol. The molecule has 1 amide bonds. The highest BCUT2D eigenvalue weighted by Gasteiger charge is 2.33. The van der Waals surface area contributed by atoms with Gasteiger partial charge in [-0.2, -0.15) is 0 Å². The van der Waals surface area contributed by atoms with E-state index in [0.29, 0.717) is 25.8 Å². The molecule has 0 aromatic carbocycles. The van der Waals surface area contributed by atoms with Crippen molar-refractivity contribution in [3.63, 3.8) is 0 Å². The highest BCUT2D eigenvalue weighted by atomic mass is 16.4. The van der Waals surface area contributed by atoms with Crippen LogP contribution in [-0.4, -0.2) is 23.5 Å². The maximum absolute atomic E-state index is 11.9. The number of rotatable bonds is 5. The number of amides is 1. The van der Waals surface area contributed by atoms with E-state index in [1.807, 2.05) is 0 Å². The lowest BCUT2D eigenvalue weighted by Gasteiger charge is -2.14. The van der Waals surface area contributed by atoms with Gasteiger partial charge < -0.3 is 10.4 Å². The van der Waals surface area contributed by atoms with Crippen LogP contribution in [0.4, 0.5) is 0 Å². The van der Waals surface area contributed by atoms with E-state index in [1.54, 1.807) is 0 Å². The molecule has 2 N–H and O–H groups in total. The quantitative estimate of drug-likeness (QED) is 0.750. The Balaban J connectivity index is 1.67. The summed E-state index contributed by atoms with van der Waals surface area (Å²) in [5.74, 6) is -1.14. The second kappa shape index (κ2) is 6.73. The van der Waals surface area contributed by atoms with Crippen LogP contribution in [0, 0.1) is 11.8 Å². The molecule has 19 heavy (non-hydrogen) atoms. The third-order valence-corrected chi connectivity index (χ3v) is 4.28. The number of carbonyl (C=O) groups excluding carboxylic acids is 1. The molecule has 4 heteroatoms. The predicted octanol–water partition coefficient (Wildman–Crippen LogP) is 2.49. The Morgan fingerprint density at radius 1 is 1.26 bits per heavy atom. The zero-order chi connectivity index (χ0) is 13.7. The Bertz CT molecular complexity index is 376. The monoisotopic (exact) mass is 265 g/mol. The van der Waals surface area contributed by atoms with Crippen LogP contribution in [0.5, 0.6) is 0 Å². The minimum absolute atomic E-state index is 0.0418. The van der Waals surface area contributed by atoms with Crippen molar-refractivity contribution in [2.75, 3.05) is 6.54 Å². The van der Waals surface area contributed by atoms with Crippen molar-refractivity contribution in [2.45, 2.75) is 51.4 Å². The van der Waals surface area contributed by atoms with Crippen molar-refractivity contribution in [1.82, 2.24) is 5.32 Å². The lowest BCUT2D eigenvalue weighted by atomic mass is 9.97. The van der Waals surface area contributed by atoms with Gasteiger partial charge in [0.15, 0.2) is 0 Å². The molecule has 0 spiro atoms. The fourth-order valence-electron chi connectivity index (χ4n) is 3.07. The summed E-state index contributed by atoms with van der Waals surface area (Å²) in [6.45, 7) is 0.693. The van der Waals surface area contributed by atoms with E-state index >= 15 is 0 Å². The molecule has 0 aromatic heterocycles. The lowest BCUT2D eigenvalue weighted by molar-refractivity contribution is -0.141. The molecule has 0 bridgehead atoms. The van der Waals surface area contributed by atoms with E-state index in [4.69, 9.17) is 5.11 Å². The highest BCUT2D eigenvalue weighted by Crippen LogP contribution is 2.31. The van der Waals surface area contributed by atoms with E-state index in [1.165, 1.54) is 31.3 Å². The summed E-state index contributed by atoms with van der Waals surface area (Å²) in [7, 11) is 0. The molecule has 2 aliphatic carbocycles. The maximum atomic E-state index is 11.9. The number of carboxylic acids is 1. The molecule has 0 aliphatic heterocycles. The summed E-state index contributed by atoms with van der Waals surface area (Å²) in [5, 5.41) is 11.9. The summed E-state index contributed by atoms with van der Waals surface area (Å²) >= 11 is 0. The van der Waals surface area contributed by atoms with Gasteiger partial charge in [0.2, 0.25) is 5.91 Å². The van der Waals surface area contributed by atoms with Crippen LogP contribution in [0.1, 0.15) is 51.4 Å². The van der Waals surface area contributed by atoms with Crippen LogP contribution in [0.25, 0.3) is 0 Å². The Labute approximate surface area is 114 Å². The summed E-state index contributed by atoms with van der Waals surface area (Å²) in [4.78, 5) is 22.8. The van der Waals surface area contributed by atoms with Crippen molar-refractivity contribution in [1.29, 1.82) is 0 Å². The molecule has 0 saturated heterocycles. The molecule has 2 atom stereocenters.